The van der Waals surface area contributed by atoms with Gasteiger partial charge in [0.1, 0.15) is 12.4 Å². The van der Waals surface area contributed by atoms with Crippen molar-refractivity contribution in [2.24, 2.45) is 5.41 Å². The fraction of sp³-hybridized carbons (Fsp3) is 0.476. The lowest BCUT2D eigenvalue weighted by Crippen LogP contribution is -2.65. The molecule has 0 spiro atoms. The van der Waals surface area contributed by atoms with E-state index in [1.807, 2.05) is 42.8 Å². The second kappa shape index (κ2) is 7.37. The molecule has 1 fully saturated rings. The largest absolute Gasteiger partial charge is 0.489 e. The Balaban J connectivity index is 1.43. The third-order valence-electron chi connectivity index (χ3n) is 5.47. The van der Waals surface area contributed by atoms with Crippen LogP contribution in [0.3, 0.4) is 0 Å². The van der Waals surface area contributed by atoms with Crippen LogP contribution in [0.4, 0.5) is 16.4 Å². The molecule has 0 saturated carbocycles. The summed E-state index contributed by atoms with van der Waals surface area (Å²) in [6.45, 7) is 8.77. The van der Waals surface area contributed by atoms with Crippen LogP contribution in [-0.4, -0.2) is 60.2 Å². The van der Waals surface area contributed by atoms with Gasteiger partial charge in [-0.15, -0.1) is 0 Å². The summed E-state index contributed by atoms with van der Waals surface area (Å²) in [5.41, 5.74) is 1.71. The average molecular weight is 416 g/mol. The van der Waals surface area contributed by atoms with E-state index in [2.05, 4.69) is 21.8 Å². The Morgan fingerprint density at radius 3 is 2.86 bits per heavy atom. The Bertz CT molecular complexity index is 931. The first-order valence-corrected chi connectivity index (χ1v) is 10.1. The second-order valence-corrected chi connectivity index (χ2v) is 8.88. The summed E-state index contributed by atoms with van der Waals surface area (Å²) in [6.07, 6.45) is 1.77. The van der Waals surface area contributed by atoms with Crippen molar-refractivity contribution in [3.05, 3.63) is 41.2 Å². The summed E-state index contributed by atoms with van der Waals surface area (Å²) < 4.78 is 5.76. The molecule has 3 heterocycles. The van der Waals surface area contributed by atoms with Gasteiger partial charge >= 0.3 is 6.03 Å². The van der Waals surface area contributed by atoms with Gasteiger partial charge in [-0.1, -0.05) is 18.5 Å². The fourth-order valence-corrected chi connectivity index (χ4v) is 4.30. The minimum absolute atomic E-state index is 0.00410. The molecule has 1 aromatic carbocycles. The Hall–Kier alpha value is -2.54. The van der Waals surface area contributed by atoms with E-state index in [1.165, 1.54) is 0 Å². The number of nitrogens with zero attached hydrogens (tertiary/aromatic N) is 5. The zero-order chi connectivity index (χ0) is 20.8. The van der Waals surface area contributed by atoms with Crippen LogP contribution < -0.4 is 14.5 Å². The monoisotopic (exact) mass is 415 g/mol. The van der Waals surface area contributed by atoms with Gasteiger partial charge in [0.15, 0.2) is 0 Å². The molecule has 0 bridgehead atoms. The first-order valence-electron chi connectivity index (χ1n) is 9.77. The molecule has 0 radical (unpaired) electrons. The highest BCUT2D eigenvalue weighted by atomic mass is 35.5. The maximum absolute atomic E-state index is 13.3. The van der Waals surface area contributed by atoms with Gasteiger partial charge in [-0.25, -0.2) is 14.8 Å². The number of aromatic nitrogens is 2. The summed E-state index contributed by atoms with van der Waals surface area (Å²) in [4.78, 5) is 27.9. The predicted molar refractivity (Wildman–Crippen MR) is 114 cm³/mol. The van der Waals surface area contributed by atoms with Gasteiger partial charge in [0.05, 0.1) is 11.7 Å². The van der Waals surface area contributed by atoms with Crippen molar-refractivity contribution < 1.29 is 9.53 Å². The third-order valence-corrected chi connectivity index (χ3v) is 5.70. The SMILES string of the molecule is Cc1ccnc(N(C)CC2(C)CN(C(=O)N3c4ccc(Cl)cc4OCC3C)C2)n1. The maximum atomic E-state index is 13.3. The van der Waals surface area contributed by atoms with Gasteiger partial charge in [-0.2, -0.15) is 0 Å². The van der Waals surface area contributed by atoms with E-state index in [1.54, 1.807) is 18.3 Å². The van der Waals surface area contributed by atoms with Crippen molar-refractivity contribution in [2.75, 3.05) is 43.1 Å². The van der Waals surface area contributed by atoms with E-state index in [0.29, 0.717) is 36.4 Å². The Morgan fingerprint density at radius 2 is 2.14 bits per heavy atom. The third kappa shape index (κ3) is 3.83. The van der Waals surface area contributed by atoms with E-state index in [-0.39, 0.29) is 17.5 Å². The number of hydrogen-bond donors (Lipinski definition) is 0. The topological polar surface area (TPSA) is 61.8 Å². The van der Waals surface area contributed by atoms with Crippen molar-refractivity contribution >= 4 is 29.3 Å². The fourth-order valence-electron chi connectivity index (χ4n) is 4.14. The van der Waals surface area contributed by atoms with Gasteiger partial charge in [-0.3, -0.25) is 4.90 Å². The molecule has 4 rings (SSSR count). The van der Waals surface area contributed by atoms with Crippen molar-refractivity contribution in [1.82, 2.24) is 14.9 Å². The number of urea groups is 1. The Morgan fingerprint density at radius 1 is 1.38 bits per heavy atom. The van der Waals surface area contributed by atoms with Crippen LogP contribution in [0.5, 0.6) is 5.75 Å². The zero-order valence-corrected chi connectivity index (χ0v) is 18.0. The van der Waals surface area contributed by atoms with E-state index in [0.717, 1.165) is 17.9 Å². The summed E-state index contributed by atoms with van der Waals surface area (Å²) in [5, 5.41) is 0.601. The molecular weight excluding hydrogens is 390 g/mol. The number of carbonyl (C=O) groups excluding carboxylic acids is 1. The van der Waals surface area contributed by atoms with Crippen molar-refractivity contribution in [2.45, 2.75) is 26.8 Å². The van der Waals surface area contributed by atoms with Gasteiger partial charge in [-0.05, 0) is 32.0 Å². The summed E-state index contributed by atoms with van der Waals surface area (Å²) in [5.74, 6) is 1.37. The first kappa shape index (κ1) is 19.8. The maximum Gasteiger partial charge on any atom is 0.325 e. The number of carbonyl (C=O) groups is 1. The van der Waals surface area contributed by atoms with Gasteiger partial charge in [0.25, 0.3) is 0 Å². The second-order valence-electron chi connectivity index (χ2n) is 8.45. The standard InChI is InChI=1S/C21H26ClN5O2/c1-14-7-8-23-19(24-14)25(4)11-21(3)12-26(13-21)20(28)27-15(2)10-29-18-9-16(22)5-6-17(18)27/h5-9,15H,10-13H2,1-4H3. The molecule has 1 unspecified atom stereocenters. The lowest BCUT2D eigenvalue weighted by Gasteiger charge is -2.51. The molecule has 29 heavy (non-hydrogen) atoms. The van der Waals surface area contributed by atoms with Crippen molar-refractivity contribution in [3.63, 3.8) is 0 Å². The van der Waals surface area contributed by atoms with Crippen LogP contribution in [0.1, 0.15) is 19.5 Å². The molecule has 8 heteroatoms. The molecular formula is C21H26ClN5O2. The number of hydrogen-bond acceptors (Lipinski definition) is 5. The molecule has 7 nitrogen and oxygen atoms in total. The van der Waals surface area contributed by atoms with E-state index < -0.39 is 0 Å². The molecule has 154 valence electrons. The number of ether oxygens (including phenoxy) is 1. The van der Waals surface area contributed by atoms with Gasteiger partial charge < -0.3 is 14.5 Å². The molecule has 1 saturated heterocycles. The molecule has 0 N–H and O–H groups in total. The number of likely N-dealkylation sites (tertiary alicyclic amines) is 1. The number of aryl methyl sites for hydroxylation is 1. The zero-order valence-electron chi connectivity index (χ0n) is 17.2. The highest BCUT2D eigenvalue weighted by Gasteiger charge is 2.45. The number of halogens is 1. The lowest BCUT2D eigenvalue weighted by atomic mass is 9.81. The molecule has 2 aliphatic rings. The number of anilines is 2. The van der Waals surface area contributed by atoms with Crippen LogP contribution in [-0.2, 0) is 0 Å². The molecule has 2 aliphatic heterocycles. The van der Waals surface area contributed by atoms with E-state index in [9.17, 15) is 4.79 Å². The first-order chi connectivity index (χ1) is 13.8. The highest BCUT2D eigenvalue weighted by Crippen LogP contribution is 2.39. The predicted octanol–water partition coefficient (Wildman–Crippen LogP) is 3.60. The summed E-state index contributed by atoms with van der Waals surface area (Å²) >= 11 is 6.08. The lowest BCUT2D eigenvalue weighted by molar-refractivity contribution is 0.0539. The number of fused-ring (bicyclic) bond motifs is 1. The number of benzene rings is 1. The smallest absolute Gasteiger partial charge is 0.325 e. The molecule has 2 amide bonds. The molecule has 1 atom stereocenters. The van der Waals surface area contributed by atoms with Crippen LogP contribution >= 0.6 is 11.6 Å². The minimum Gasteiger partial charge on any atom is -0.489 e. The van der Waals surface area contributed by atoms with Crippen LogP contribution in [0, 0.1) is 12.3 Å². The van der Waals surface area contributed by atoms with E-state index in [4.69, 9.17) is 16.3 Å². The van der Waals surface area contributed by atoms with Gasteiger partial charge in [0.2, 0.25) is 5.95 Å². The van der Waals surface area contributed by atoms with Crippen molar-refractivity contribution in [3.8, 4) is 5.75 Å². The number of rotatable bonds is 3. The Labute approximate surface area is 176 Å². The summed E-state index contributed by atoms with van der Waals surface area (Å²) in [7, 11) is 1.99. The normalized spacial score (nSPS) is 19.8. The van der Waals surface area contributed by atoms with E-state index >= 15 is 0 Å². The minimum atomic E-state index is -0.0357. The van der Waals surface area contributed by atoms with Crippen molar-refractivity contribution in [1.29, 1.82) is 0 Å². The van der Waals surface area contributed by atoms with Gasteiger partial charge in [0, 0.05) is 55.1 Å². The molecule has 0 aliphatic carbocycles. The number of amides is 2. The van der Waals surface area contributed by atoms with Crippen LogP contribution in [0.25, 0.3) is 0 Å². The van der Waals surface area contributed by atoms with Crippen LogP contribution in [0.2, 0.25) is 5.02 Å². The quantitative estimate of drug-likeness (QED) is 0.766. The average Bonchev–Trinajstić information content (AvgIpc) is 2.65. The Kier molecular flexibility index (Phi) is 5.02. The summed E-state index contributed by atoms with van der Waals surface area (Å²) in [6, 6.07) is 7.27. The highest BCUT2D eigenvalue weighted by molar-refractivity contribution is 6.30. The molecule has 1 aromatic heterocycles. The van der Waals surface area contributed by atoms with Crippen LogP contribution in [0.15, 0.2) is 30.5 Å². The molecule has 2 aromatic rings.